The van der Waals surface area contributed by atoms with Crippen LogP contribution >= 0.6 is 11.3 Å². The molecule has 1 heterocycles. The molecule has 1 aromatic heterocycles. The van der Waals surface area contributed by atoms with Gasteiger partial charge in [-0.2, -0.15) is 4.39 Å². The normalized spacial score (nSPS) is 12.2. The van der Waals surface area contributed by atoms with Gasteiger partial charge in [0.15, 0.2) is 0 Å². The molecule has 0 amide bonds. The maximum atomic E-state index is 13.5. The SMILES string of the molecule is Cc1ccc(C(C)Nc2cccc(F)c2[N+](=O)[O-])s1. The van der Waals surface area contributed by atoms with E-state index in [9.17, 15) is 14.5 Å². The number of hydrogen-bond donors (Lipinski definition) is 1. The van der Waals surface area contributed by atoms with Crippen LogP contribution in [0.1, 0.15) is 22.7 Å². The van der Waals surface area contributed by atoms with Gasteiger partial charge >= 0.3 is 5.69 Å². The van der Waals surface area contributed by atoms with Crippen LogP contribution in [0.3, 0.4) is 0 Å². The summed E-state index contributed by atoms with van der Waals surface area (Å²) >= 11 is 1.61. The first-order chi connectivity index (χ1) is 8.99. The lowest BCUT2D eigenvalue weighted by Gasteiger charge is -2.13. The van der Waals surface area contributed by atoms with Gasteiger partial charge in [0, 0.05) is 9.75 Å². The van der Waals surface area contributed by atoms with Crippen LogP contribution in [0.5, 0.6) is 0 Å². The van der Waals surface area contributed by atoms with E-state index in [1.807, 2.05) is 26.0 Å². The lowest BCUT2D eigenvalue weighted by molar-refractivity contribution is -0.386. The highest BCUT2D eigenvalue weighted by atomic mass is 32.1. The van der Waals surface area contributed by atoms with Crippen LogP contribution in [0, 0.1) is 22.9 Å². The second-order valence-corrected chi connectivity index (χ2v) is 5.53. The Balaban J connectivity index is 2.28. The summed E-state index contributed by atoms with van der Waals surface area (Å²) in [6.07, 6.45) is 0. The zero-order chi connectivity index (χ0) is 14.0. The molecule has 100 valence electrons. The Morgan fingerprint density at radius 1 is 1.37 bits per heavy atom. The number of anilines is 1. The Labute approximate surface area is 114 Å². The van der Waals surface area contributed by atoms with Crippen molar-refractivity contribution in [2.75, 3.05) is 5.32 Å². The number of aryl methyl sites for hydroxylation is 1. The van der Waals surface area contributed by atoms with Crippen LogP contribution < -0.4 is 5.32 Å². The highest BCUT2D eigenvalue weighted by Crippen LogP contribution is 2.32. The minimum Gasteiger partial charge on any atom is -0.372 e. The molecule has 0 aliphatic rings. The lowest BCUT2D eigenvalue weighted by atomic mass is 10.2. The first-order valence-electron chi connectivity index (χ1n) is 5.75. The third kappa shape index (κ3) is 2.90. The smallest absolute Gasteiger partial charge is 0.327 e. The quantitative estimate of drug-likeness (QED) is 0.672. The van der Waals surface area contributed by atoms with E-state index in [-0.39, 0.29) is 11.7 Å². The van der Waals surface area contributed by atoms with Gasteiger partial charge in [-0.25, -0.2) is 0 Å². The van der Waals surface area contributed by atoms with Crippen molar-refractivity contribution in [1.82, 2.24) is 0 Å². The molecule has 1 unspecified atom stereocenters. The monoisotopic (exact) mass is 280 g/mol. The van der Waals surface area contributed by atoms with E-state index in [1.165, 1.54) is 12.1 Å². The Bertz CT molecular complexity index is 612. The van der Waals surface area contributed by atoms with E-state index < -0.39 is 16.4 Å². The predicted octanol–water partition coefficient (Wildman–Crippen LogP) is 4.28. The number of para-hydroxylation sites is 1. The fraction of sp³-hybridized carbons (Fsp3) is 0.231. The molecule has 0 bridgehead atoms. The zero-order valence-electron chi connectivity index (χ0n) is 10.5. The van der Waals surface area contributed by atoms with Crippen LogP contribution in [-0.4, -0.2) is 4.92 Å². The number of nitrogens with zero attached hydrogens (tertiary/aromatic N) is 1. The average Bonchev–Trinajstić information content (AvgIpc) is 2.75. The van der Waals surface area contributed by atoms with Crippen molar-refractivity contribution in [3.8, 4) is 0 Å². The molecule has 0 fully saturated rings. The van der Waals surface area contributed by atoms with Gasteiger partial charge in [-0.1, -0.05) is 6.07 Å². The molecule has 6 heteroatoms. The highest BCUT2D eigenvalue weighted by Gasteiger charge is 2.21. The zero-order valence-corrected chi connectivity index (χ0v) is 11.3. The summed E-state index contributed by atoms with van der Waals surface area (Å²) in [5.74, 6) is -0.829. The summed E-state index contributed by atoms with van der Waals surface area (Å²) in [5, 5.41) is 13.9. The Hall–Kier alpha value is -1.95. The number of hydrogen-bond acceptors (Lipinski definition) is 4. The maximum Gasteiger partial charge on any atom is 0.327 e. The van der Waals surface area contributed by atoms with Crippen molar-refractivity contribution >= 4 is 22.7 Å². The van der Waals surface area contributed by atoms with E-state index >= 15 is 0 Å². The molecule has 1 atom stereocenters. The van der Waals surface area contributed by atoms with Crippen LogP contribution in [0.4, 0.5) is 15.8 Å². The van der Waals surface area contributed by atoms with Crippen molar-refractivity contribution in [2.24, 2.45) is 0 Å². The lowest BCUT2D eigenvalue weighted by Crippen LogP contribution is -2.07. The average molecular weight is 280 g/mol. The number of thiophene rings is 1. The molecular weight excluding hydrogens is 267 g/mol. The van der Waals surface area contributed by atoms with E-state index in [0.717, 1.165) is 15.8 Å². The van der Waals surface area contributed by atoms with Crippen molar-refractivity contribution < 1.29 is 9.31 Å². The van der Waals surface area contributed by atoms with Gasteiger partial charge in [-0.3, -0.25) is 10.1 Å². The van der Waals surface area contributed by atoms with E-state index in [4.69, 9.17) is 0 Å². The Morgan fingerprint density at radius 3 is 2.68 bits per heavy atom. The number of rotatable bonds is 4. The van der Waals surface area contributed by atoms with E-state index in [2.05, 4.69) is 5.32 Å². The van der Waals surface area contributed by atoms with Gasteiger partial charge in [0.05, 0.1) is 11.0 Å². The molecule has 0 aliphatic heterocycles. The summed E-state index contributed by atoms with van der Waals surface area (Å²) in [6.45, 7) is 3.88. The van der Waals surface area contributed by atoms with Crippen molar-refractivity contribution in [1.29, 1.82) is 0 Å². The van der Waals surface area contributed by atoms with E-state index in [1.54, 1.807) is 11.3 Å². The highest BCUT2D eigenvalue weighted by molar-refractivity contribution is 7.12. The van der Waals surface area contributed by atoms with Crippen molar-refractivity contribution in [3.05, 3.63) is 56.0 Å². The van der Waals surface area contributed by atoms with Crippen LogP contribution in [0.15, 0.2) is 30.3 Å². The summed E-state index contributed by atoms with van der Waals surface area (Å²) in [6, 6.07) is 7.89. The number of benzene rings is 1. The number of nitro benzene ring substituents is 1. The van der Waals surface area contributed by atoms with Gasteiger partial charge in [0.25, 0.3) is 0 Å². The summed E-state index contributed by atoms with van der Waals surface area (Å²) < 4.78 is 13.5. The molecule has 0 saturated carbocycles. The second kappa shape index (κ2) is 5.36. The van der Waals surface area contributed by atoms with Crippen molar-refractivity contribution in [3.63, 3.8) is 0 Å². The molecule has 2 rings (SSSR count). The molecule has 19 heavy (non-hydrogen) atoms. The molecular formula is C13H13FN2O2S. The van der Waals surface area contributed by atoms with Crippen molar-refractivity contribution in [2.45, 2.75) is 19.9 Å². The van der Waals surface area contributed by atoms with Gasteiger partial charge in [0.1, 0.15) is 5.69 Å². The fourth-order valence-corrected chi connectivity index (χ4v) is 2.69. The molecule has 0 spiro atoms. The molecule has 4 nitrogen and oxygen atoms in total. The standard InChI is InChI=1S/C13H13FN2O2S/c1-8-6-7-12(19-8)9(2)15-11-5-3-4-10(14)13(11)16(17)18/h3-7,9,15H,1-2H3. The summed E-state index contributed by atoms with van der Waals surface area (Å²) in [4.78, 5) is 12.4. The molecule has 1 aromatic carbocycles. The third-order valence-corrected chi connectivity index (χ3v) is 3.91. The fourth-order valence-electron chi connectivity index (χ4n) is 1.81. The van der Waals surface area contributed by atoms with Crippen LogP contribution in [0.25, 0.3) is 0 Å². The Morgan fingerprint density at radius 2 is 2.11 bits per heavy atom. The predicted molar refractivity (Wildman–Crippen MR) is 74.1 cm³/mol. The molecule has 2 aromatic rings. The number of nitrogens with one attached hydrogen (secondary N) is 1. The largest absolute Gasteiger partial charge is 0.372 e. The number of halogens is 1. The minimum atomic E-state index is -0.829. The number of nitro groups is 1. The van der Waals surface area contributed by atoms with Crippen LogP contribution in [0.2, 0.25) is 0 Å². The summed E-state index contributed by atoms with van der Waals surface area (Å²) in [7, 11) is 0. The minimum absolute atomic E-state index is 0.112. The maximum absolute atomic E-state index is 13.5. The van der Waals surface area contributed by atoms with Gasteiger partial charge in [0.2, 0.25) is 5.82 Å². The second-order valence-electron chi connectivity index (χ2n) is 4.21. The third-order valence-electron chi connectivity index (χ3n) is 2.73. The van der Waals surface area contributed by atoms with Gasteiger partial charge < -0.3 is 5.32 Å². The molecule has 1 N–H and O–H groups in total. The first kappa shape index (κ1) is 13.5. The molecule has 0 saturated heterocycles. The van der Waals surface area contributed by atoms with Gasteiger partial charge in [-0.05, 0) is 38.1 Å². The van der Waals surface area contributed by atoms with E-state index in [0.29, 0.717) is 0 Å². The first-order valence-corrected chi connectivity index (χ1v) is 6.56. The summed E-state index contributed by atoms with van der Waals surface area (Å²) in [5.41, 5.74) is -0.314. The Kier molecular flexibility index (Phi) is 3.80. The van der Waals surface area contributed by atoms with Gasteiger partial charge in [-0.15, -0.1) is 11.3 Å². The van der Waals surface area contributed by atoms with Crippen LogP contribution in [-0.2, 0) is 0 Å². The topological polar surface area (TPSA) is 55.2 Å². The molecule has 0 aliphatic carbocycles. The molecule has 0 radical (unpaired) electrons.